The number of aliphatic hydroxyl groups is 1. The number of halogens is 3. The maximum absolute atomic E-state index is 12.6. The minimum Gasteiger partial charge on any atom is -0.484 e. The Labute approximate surface area is 113 Å². The van der Waals surface area contributed by atoms with Crippen LogP contribution in [0.15, 0.2) is 30.6 Å². The highest BCUT2D eigenvalue weighted by Crippen LogP contribution is 2.26. The number of aliphatic hydroxyl groups excluding tert-OH is 1. The molecule has 0 unspecified atom stereocenters. The van der Waals surface area contributed by atoms with Gasteiger partial charge in [-0.2, -0.15) is 8.78 Å². The molecule has 0 atom stereocenters. The molecule has 0 aliphatic rings. The molecule has 0 radical (unpaired) electrons. The minimum atomic E-state index is -2.66. The van der Waals surface area contributed by atoms with E-state index in [1.165, 1.54) is 12.4 Å². The first-order valence-corrected chi connectivity index (χ1v) is 5.81. The van der Waals surface area contributed by atoms with E-state index < -0.39 is 6.55 Å². The highest BCUT2D eigenvalue weighted by molar-refractivity contribution is 6.32. The molecule has 0 spiro atoms. The van der Waals surface area contributed by atoms with Crippen molar-refractivity contribution in [1.82, 2.24) is 9.55 Å². The largest absolute Gasteiger partial charge is 0.484 e. The van der Waals surface area contributed by atoms with Gasteiger partial charge >= 0.3 is 6.55 Å². The van der Waals surface area contributed by atoms with Crippen molar-refractivity contribution in [3.8, 4) is 5.75 Å². The van der Waals surface area contributed by atoms with Crippen LogP contribution in [0.1, 0.15) is 17.9 Å². The number of aromatic nitrogens is 2. The molecule has 4 nitrogen and oxygen atoms in total. The van der Waals surface area contributed by atoms with E-state index in [2.05, 4.69) is 4.98 Å². The summed E-state index contributed by atoms with van der Waals surface area (Å²) in [7, 11) is 0. The molecule has 0 fully saturated rings. The average molecular weight is 289 g/mol. The van der Waals surface area contributed by atoms with E-state index in [0.717, 1.165) is 4.57 Å². The van der Waals surface area contributed by atoms with Gasteiger partial charge in [0.15, 0.2) is 5.82 Å². The highest BCUT2D eigenvalue weighted by Gasteiger charge is 2.12. The van der Waals surface area contributed by atoms with Crippen molar-refractivity contribution in [3.05, 3.63) is 47.0 Å². The molecule has 102 valence electrons. The predicted molar refractivity (Wildman–Crippen MR) is 65.2 cm³/mol. The molecule has 0 aliphatic carbocycles. The van der Waals surface area contributed by atoms with Crippen LogP contribution in [0, 0.1) is 0 Å². The Kier molecular flexibility index (Phi) is 4.34. The second-order valence-corrected chi connectivity index (χ2v) is 4.15. The number of alkyl halides is 2. The van der Waals surface area contributed by atoms with Crippen LogP contribution in [0.3, 0.4) is 0 Å². The monoisotopic (exact) mass is 288 g/mol. The van der Waals surface area contributed by atoms with Crippen molar-refractivity contribution in [2.24, 2.45) is 0 Å². The Morgan fingerprint density at radius 3 is 2.84 bits per heavy atom. The zero-order chi connectivity index (χ0) is 13.8. The second kappa shape index (κ2) is 5.99. The zero-order valence-corrected chi connectivity index (χ0v) is 10.5. The van der Waals surface area contributed by atoms with Gasteiger partial charge in [0.2, 0.25) is 0 Å². The number of hydrogen-bond donors (Lipinski definition) is 1. The molecule has 2 aromatic rings. The summed E-state index contributed by atoms with van der Waals surface area (Å²) in [6.07, 6.45) is 2.46. The third-order valence-corrected chi connectivity index (χ3v) is 2.79. The van der Waals surface area contributed by atoms with Crippen LogP contribution in [0.2, 0.25) is 5.02 Å². The minimum absolute atomic E-state index is 0.109. The standard InChI is InChI=1S/C12H11ClF2N2O2/c13-9-5-8(6-18)1-2-10(9)19-7-11-16-3-4-17(11)12(14)15/h1-5,12,18H,6-7H2. The number of ether oxygens (including phenoxy) is 1. The second-order valence-electron chi connectivity index (χ2n) is 3.74. The fourth-order valence-corrected chi connectivity index (χ4v) is 1.79. The number of imidazole rings is 1. The smallest absolute Gasteiger partial charge is 0.320 e. The molecule has 2 rings (SSSR count). The van der Waals surface area contributed by atoms with E-state index >= 15 is 0 Å². The molecule has 7 heteroatoms. The molecule has 0 bridgehead atoms. The first kappa shape index (κ1) is 13.8. The van der Waals surface area contributed by atoms with Crippen LogP contribution >= 0.6 is 11.6 Å². The number of hydrogen-bond acceptors (Lipinski definition) is 3. The van der Waals surface area contributed by atoms with Gasteiger partial charge < -0.3 is 9.84 Å². The van der Waals surface area contributed by atoms with E-state index in [1.54, 1.807) is 18.2 Å². The molecular weight excluding hydrogens is 278 g/mol. The molecule has 0 saturated carbocycles. The number of nitrogens with zero attached hydrogens (tertiary/aromatic N) is 2. The topological polar surface area (TPSA) is 47.3 Å². The van der Waals surface area contributed by atoms with Gasteiger partial charge in [-0.1, -0.05) is 17.7 Å². The van der Waals surface area contributed by atoms with Gasteiger partial charge in [0, 0.05) is 12.4 Å². The normalized spacial score (nSPS) is 11.0. The molecule has 0 aliphatic heterocycles. The van der Waals surface area contributed by atoms with Crippen molar-refractivity contribution in [1.29, 1.82) is 0 Å². The lowest BCUT2D eigenvalue weighted by atomic mass is 10.2. The Balaban J connectivity index is 2.08. The predicted octanol–water partition coefficient (Wildman–Crippen LogP) is 3.00. The van der Waals surface area contributed by atoms with Gasteiger partial charge in [-0.05, 0) is 17.7 Å². The Morgan fingerprint density at radius 1 is 1.42 bits per heavy atom. The summed E-state index contributed by atoms with van der Waals surface area (Å²) in [6, 6.07) is 4.76. The maximum atomic E-state index is 12.6. The summed E-state index contributed by atoms with van der Waals surface area (Å²) >= 11 is 5.94. The third kappa shape index (κ3) is 3.21. The maximum Gasteiger partial charge on any atom is 0.320 e. The van der Waals surface area contributed by atoms with E-state index in [0.29, 0.717) is 16.3 Å². The van der Waals surface area contributed by atoms with Gasteiger partial charge in [-0.15, -0.1) is 0 Å². The Bertz CT molecular complexity index is 560. The third-order valence-electron chi connectivity index (χ3n) is 2.49. The van der Waals surface area contributed by atoms with Crippen LogP contribution in [0.25, 0.3) is 0 Å². The van der Waals surface area contributed by atoms with Crippen LogP contribution in [-0.2, 0) is 13.2 Å². The number of rotatable bonds is 5. The van der Waals surface area contributed by atoms with Crippen LogP contribution in [-0.4, -0.2) is 14.7 Å². The fourth-order valence-electron chi connectivity index (χ4n) is 1.54. The molecule has 19 heavy (non-hydrogen) atoms. The molecule has 0 saturated heterocycles. The van der Waals surface area contributed by atoms with Gasteiger partial charge in [-0.3, -0.25) is 4.57 Å². The summed E-state index contributed by atoms with van der Waals surface area (Å²) in [5, 5.41) is 9.24. The van der Waals surface area contributed by atoms with Crippen molar-refractivity contribution >= 4 is 11.6 Å². The van der Waals surface area contributed by atoms with Crippen molar-refractivity contribution < 1.29 is 18.6 Å². The lowest BCUT2D eigenvalue weighted by Crippen LogP contribution is -2.07. The molecule has 1 N–H and O–H groups in total. The Hall–Kier alpha value is -1.66. The van der Waals surface area contributed by atoms with Crippen molar-refractivity contribution in [3.63, 3.8) is 0 Å². The van der Waals surface area contributed by atoms with E-state index in [1.807, 2.05) is 0 Å². The molecule has 1 aromatic heterocycles. The van der Waals surface area contributed by atoms with Crippen molar-refractivity contribution in [2.75, 3.05) is 0 Å². The summed E-state index contributed by atoms with van der Waals surface area (Å²) in [6.45, 7) is -2.90. The van der Waals surface area contributed by atoms with Crippen molar-refractivity contribution in [2.45, 2.75) is 19.8 Å². The quantitative estimate of drug-likeness (QED) is 0.920. The van der Waals surface area contributed by atoms with E-state index in [4.69, 9.17) is 21.4 Å². The first-order valence-electron chi connectivity index (χ1n) is 5.43. The lowest BCUT2D eigenvalue weighted by Gasteiger charge is -2.10. The fraction of sp³-hybridized carbons (Fsp3) is 0.250. The molecule has 0 amide bonds. The average Bonchev–Trinajstić information content (AvgIpc) is 2.85. The van der Waals surface area contributed by atoms with Gasteiger partial charge in [-0.25, -0.2) is 4.98 Å². The van der Waals surface area contributed by atoms with Crippen LogP contribution < -0.4 is 4.74 Å². The lowest BCUT2D eigenvalue weighted by molar-refractivity contribution is 0.0632. The number of benzene rings is 1. The van der Waals surface area contributed by atoms with Crippen LogP contribution in [0.4, 0.5) is 8.78 Å². The summed E-state index contributed by atoms with van der Waals surface area (Å²) in [5.74, 6) is 0.458. The van der Waals surface area contributed by atoms with E-state index in [9.17, 15) is 8.78 Å². The van der Waals surface area contributed by atoms with Gasteiger partial charge in [0.05, 0.1) is 11.6 Å². The summed E-state index contributed by atoms with van der Waals surface area (Å²) in [5.41, 5.74) is 0.645. The SMILES string of the molecule is OCc1ccc(OCc2nccn2C(F)F)c(Cl)c1. The molecule has 1 aromatic carbocycles. The van der Waals surface area contributed by atoms with Gasteiger partial charge in [0.25, 0.3) is 0 Å². The van der Waals surface area contributed by atoms with Gasteiger partial charge in [0.1, 0.15) is 12.4 Å². The first-order chi connectivity index (χ1) is 9.11. The highest BCUT2D eigenvalue weighted by atomic mass is 35.5. The molecular formula is C12H11ClF2N2O2. The zero-order valence-electron chi connectivity index (χ0n) is 9.76. The Morgan fingerprint density at radius 2 is 2.21 bits per heavy atom. The molecule has 1 heterocycles. The van der Waals surface area contributed by atoms with E-state index in [-0.39, 0.29) is 19.0 Å². The van der Waals surface area contributed by atoms with Crippen LogP contribution in [0.5, 0.6) is 5.75 Å². The summed E-state index contributed by atoms with van der Waals surface area (Å²) < 4.78 is 31.2. The summed E-state index contributed by atoms with van der Waals surface area (Å²) in [4.78, 5) is 3.79.